The van der Waals surface area contributed by atoms with Gasteiger partial charge in [0.2, 0.25) is 0 Å². The van der Waals surface area contributed by atoms with Gasteiger partial charge in [-0.1, -0.05) is 30.3 Å². The van der Waals surface area contributed by atoms with Crippen LogP contribution in [0.3, 0.4) is 0 Å². The van der Waals surface area contributed by atoms with Crippen LogP contribution in [0.15, 0.2) is 54.6 Å². The fraction of sp³-hybridized carbons (Fsp3) is 0.519. The highest BCUT2D eigenvalue weighted by Gasteiger charge is 2.44. The van der Waals surface area contributed by atoms with E-state index in [1.54, 1.807) is 0 Å². The van der Waals surface area contributed by atoms with Crippen molar-refractivity contribution in [2.75, 3.05) is 59.2 Å². The molecule has 7 heteroatoms. The Labute approximate surface area is 201 Å². The van der Waals surface area contributed by atoms with Gasteiger partial charge >= 0.3 is 0 Å². The van der Waals surface area contributed by atoms with Gasteiger partial charge in [0.1, 0.15) is 24.2 Å². The van der Waals surface area contributed by atoms with Crippen molar-refractivity contribution in [2.45, 2.75) is 31.0 Å². The van der Waals surface area contributed by atoms with Crippen molar-refractivity contribution >= 4 is 5.91 Å². The van der Waals surface area contributed by atoms with Crippen molar-refractivity contribution < 1.29 is 23.7 Å². The lowest BCUT2D eigenvalue weighted by atomic mass is 9.87. The summed E-state index contributed by atoms with van der Waals surface area (Å²) < 4.78 is 23.8. The van der Waals surface area contributed by atoms with Gasteiger partial charge in [-0.15, -0.1) is 0 Å². The monoisotopic (exact) mass is 466 g/mol. The fourth-order valence-corrected chi connectivity index (χ4v) is 5.08. The molecule has 3 aliphatic heterocycles. The Morgan fingerprint density at radius 3 is 2.50 bits per heavy atom. The number of carbonyl (C=O) groups is 1. The van der Waals surface area contributed by atoms with Gasteiger partial charge in [-0.05, 0) is 37.1 Å². The predicted octanol–water partition coefficient (Wildman–Crippen LogP) is 3.24. The smallest absolute Gasteiger partial charge is 0.257 e. The number of likely N-dealkylation sites (tertiary alicyclic amines) is 1. The summed E-state index contributed by atoms with van der Waals surface area (Å²) in [6, 6.07) is 17.5. The zero-order valence-electron chi connectivity index (χ0n) is 19.7. The van der Waals surface area contributed by atoms with Crippen molar-refractivity contribution in [3.8, 4) is 11.5 Å². The van der Waals surface area contributed by atoms with E-state index in [1.165, 1.54) is 0 Å². The number of carbonyl (C=O) groups excluding carboxylic acids is 1. The maximum absolute atomic E-state index is 13.3. The van der Waals surface area contributed by atoms with Gasteiger partial charge in [0.05, 0.1) is 31.0 Å². The minimum absolute atomic E-state index is 0.0342. The number of hydrogen-bond donors (Lipinski definition) is 0. The Morgan fingerprint density at radius 2 is 1.71 bits per heavy atom. The number of amides is 1. The van der Waals surface area contributed by atoms with Crippen LogP contribution < -0.4 is 9.47 Å². The van der Waals surface area contributed by atoms with Gasteiger partial charge in [-0.3, -0.25) is 9.69 Å². The number of morpholine rings is 1. The fourth-order valence-electron chi connectivity index (χ4n) is 5.08. The normalized spacial score (nSPS) is 22.6. The quantitative estimate of drug-likeness (QED) is 0.625. The summed E-state index contributed by atoms with van der Waals surface area (Å²) in [5.74, 6) is 1.58. The van der Waals surface area contributed by atoms with E-state index < -0.39 is 0 Å². The van der Waals surface area contributed by atoms with E-state index in [-0.39, 0.29) is 17.6 Å². The Bertz CT molecular complexity index is 939. The third-order valence-electron chi connectivity index (χ3n) is 7.07. The molecule has 0 aliphatic carbocycles. The first kappa shape index (κ1) is 23.1. The SMILES string of the molecule is O=C(c1ccccc1OCCN1CCOCC1)N1CCC2(CC1)C[C@H](Oc1ccccc1)CO2. The molecule has 2 aromatic rings. The summed E-state index contributed by atoms with van der Waals surface area (Å²) in [7, 11) is 0. The lowest BCUT2D eigenvalue weighted by molar-refractivity contribution is -0.0396. The molecule has 0 radical (unpaired) electrons. The number of ether oxygens (including phenoxy) is 4. The molecule has 1 atom stereocenters. The Morgan fingerprint density at radius 1 is 0.971 bits per heavy atom. The average Bonchev–Trinajstić information content (AvgIpc) is 3.27. The molecule has 0 saturated carbocycles. The van der Waals surface area contributed by atoms with E-state index in [2.05, 4.69) is 4.90 Å². The van der Waals surface area contributed by atoms with E-state index in [9.17, 15) is 4.79 Å². The molecule has 3 saturated heterocycles. The van der Waals surface area contributed by atoms with E-state index in [1.807, 2.05) is 59.5 Å². The van der Waals surface area contributed by atoms with Crippen molar-refractivity contribution in [1.29, 1.82) is 0 Å². The molecular formula is C27H34N2O5. The standard InChI is InChI=1S/C27H34N2O5/c30-26(24-8-4-5-9-25(24)32-19-16-28-14-17-31-18-15-28)29-12-10-27(11-13-29)20-23(21-33-27)34-22-6-2-1-3-7-22/h1-9,23H,10-21H2/t23-/m0/s1. The molecule has 3 heterocycles. The summed E-state index contributed by atoms with van der Waals surface area (Å²) in [6.07, 6.45) is 2.58. The highest BCUT2D eigenvalue weighted by atomic mass is 16.6. The number of hydrogen-bond acceptors (Lipinski definition) is 6. The largest absolute Gasteiger partial charge is 0.491 e. The molecule has 0 aromatic heterocycles. The third kappa shape index (κ3) is 5.54. The minimum Gasteiger partial charge on any atom is -0.491 e. The Kier molecular flexibility index (Phi) is 7.33. The summed E-state index contributed by atoms with van der Waals surface area (Å²) in [6.45, 7) is 6.76. The lowest BCUT2D eigenvalue weighted by Gasteiger charge is -2.38. The highest BCUT2D eigenvalue weighted by Crippen LogP contribution is 2.38. The van der Waals surface area contributed by atoms with Crippen LogP contribution in [0.4, 0.5) is 0 Å². The molecule has 0 bridgehead atoms. The summed E-state index contributed by atoms with van der Waals surface area (Å²) in [4.78, 5) is 17.6. The molecule has 3 aliphatic rings. The second-order valence-electron chi connectivity index (χ2n) is 9.34. The molecule has 1 spiro atoms. The molecule has 2 aromatic carbocycles. The van der Waals surface area contributed by atoms with Gasteiger partial charge in [-0.25, -0.2) is 0 Å². The zero-order valence-corrected chi connectivity index (χ0v) is 19.7. The molecule has 0 unspecified atom stereocenters. The highest BCUT2D eigenvalue weighted by molar-refractivity contribution is 5.97. The van der Waals surface area contributed by atoms with Crippen LogP contribution in [0.5, 0.6) is 11.5 Å². The van der Waals surface area contributed by atoms with Crippen LogP contribution >= 0.6 is 0 Å². The molecular weight excluding hydrogens is 432 g/mol. The molecule has 1 amide bonds. The molecule has 34 heavy (non-hydrogen) atoms. The topological polar surface area (TPSA) is 60.5 Å². The maximum atomic E-state index is 13.3. The Hall–Kier alpha value is -2.61. The van der Waals surface area contributed by atoms with E-state index in [0.717, 1.165) is 57.9 Å². The Balaban J connectivity index is 1.13. The summed E-state index contributed by atoms with van der Waals surface area (Å²) in [5, 5.41) is 0. The van der Waals surface area contributed by atoms with Crippen molar-refractivity contribution in [3.63, 3.8) is 0 Å². The van der Waals surface area contributed by atoms with E-state index in [4.69, 9.17) is 18.9 Å². The van der Waals surface area contributed by atoms with Gasteiger partial charge in [0.15, 0.2) is 0 Å². The van der Waals surface area contributed by atoms with Gasteiger partial charge in [0.25, 0.3) is 5.91 Å². The predicted molar refractivity (Wildman–Crippen MR) is 128 cm³/mol. The van der Waals surface area contributed by atoms with Crippen LogP contribution in [0, 0.1) is 0 Å². The number of piperidine rings is 1. The number of para-hydroxylation sites is 2. The first-order chi connectivity index (χ1) is 16.7. The van der Waals surface area contributed by atoms with Crippen LogP contribution in [0.2, 0.25) is 0 Å². The average molecular weight is 467 g/mol. The van der Waals surface area contributed by atoms with Crippen LogP contribution in [-0.2, 0) is 9.47 Å². The van der Waals surface area contributed by atoms with Crippen molar-refractivity contribution in [3.05, 3.63) is 60.2 Å². The summed E-state index contributed by atoms with van der Waals surface area (Å²) in [5.41, 5.74) is 0.447. The second kappa shape index (κ2) is 10.8. The number of nitrogens with zero attached hydrogens (tertiary/aromatic N) is 2. The van der Waals surface area contributed by atoms with Gasteiger partial charge in [0, 0.05) is 39.1 Å². The second-order valence-corrected chi connectivity index (χ2v) is 9.34. The molecule has 182 valence electrons. The first-order valence-electron chi connectivity index (χ1n) is 12.4. The van der Waals surface area contributed by atoms with Gasteiger partial charge < -0.3 is 23.8 Å². The summed E-state index contributed by atoms with van der Waals surface area (Å²) >= 11 is 0. The van der Waals surface area contributed by atoms with E-state index in [0.29, 0.717) is 37.6 Å². The number of benzene rings is 2. The van der Waals surface area contributed by atoms with Crippen LogP contribution in [0.25, 0.3) is 0 Å². The first-order valence-corrected chi connectivity index (χ1v) is 12.4. The van der Waals surface area contributed by atoms with Crippen LogP contribution in [-0.4, -0.2) is 86.6 Å². The maximum Gasteiger partial charge on any atom is 0.257 e. The van der Waals surface area contributed by atoms with E-state index >= 15 is 0 Å². The lowest BCUT2D eigenvalue weighted by Crippen LogP contribution is -2.46. The van der Waals surface area contributed by atoms with Crippen LogP contribution in [0.1, 0.15) is 29.6 Å². The minimum atomic E-state index is -0.190. The number of rotatable bonds is 7. The molecule has 3 fully saturated rings. The zero-order chi connectivity index (χ0) is 23.2. The molecule has 5 rings (SSSR count). The molecule has 0 N–H and O–H groups in total. The van der Waals surface area contributed by atoms with Crippen molar-refractivity contribution in [1.82, 2.24) is 9.80 Å². The molecule has 7 nitrogen and oxygen atoms in total. The third-order valence-corrected chi connectivity index (χ3v) is 7.07. The van der Waals surface area contributed by atoms with Gasteiger partial charge in [-0.2, -0.15) is 0 Å². The van der Waals surface area contributed by atoms with Crippen molar-refractivity contribution in [2.24, 2.45) is 0 Å².